The van der Waals surface area contributed by atoms with E-state index in [1.165, 1.54) is 0 Å². The van der Waals surface area contributed by atoms with E-state index in [1.807, 2.05) is 34.9 Å². The average Bonchev–Trinajstić information content (AvgIpc) is 3.22. The number of fused-ring (bicyclic) bond motifs is 1. The molecule has 0 aliphatic carbocycles. The molecule has 158 valence electrons. The van der Waals surface area contributed by atoms with Crippen LogP contribution >= 0.6 is 11.6 Å². The lowest BCUT2D eigenvalue weighted by atomic mass is 9.97. The predicted molar refractivity (Wildman–Crippen MR) is 114 cm³/mol. The molecule has 1 aliphatic heterocycles. The van der Waals surface area contributed by atoms with Crippen molar-refractivity contribution in [2.75, 3.05) is 32.2 Å². The molecular weight excluding hydrogens is 406 g/mol. The number of halogens is 1. The number of carbonyl (C=O) groups excluding carboxylic acids is 1. The number of nitrogens with one attached hydrogen (secondary N) is 1. The zero-order valence-electron chi connectivity index (χ0n) is 17.0. The van der Waals surface area contributed by atoms with Crippen molar-refractivity contribution in [1.29, 1.82) is 0 Å². The van der Waals surface area contributed by atoms with Crippen molar-refractivity contribution in [3.63, 3.8) is 0 Å². The lowest BCUT2D eigenvalue weighted by molar-refractivity contribution is -0.125. The van der Waals surface area contributed by atoms with Gasteiger partial charge in [0.05, 0.1) is 25.2 Å². The van der Waals surface area contributed by atoms with Crippen LogP contribution in [0.5, 0.6) is 11.5 Å². The Morgan fingerprint density at radius 1 is 1.23 bits per heavy atom. The summed E-state index contributed by atoms with van der Waals surface area (Å²) >= 11 is 6.21. The molecule has 1 N–H and O–H groups in total. The van der Waals surface area contributed by atoms with Crippen LogP contribution in [0.3, 0.4) is 0 Å². The minimum Gasteiger partial charge on any atom is -0.493 e. The van der Waals surface area contributed by atoms with E-state index in [0.29, 0.717) is 41.2 Å². The average molecular weight is 430 g/mol. The molecule has 1 atom stereocenters. The molecule has 0 saturated carbocycles. The molecule has 3 aromatic rings. The number of piperidine rings is 1. The van der Waals surface area contributed by atoms with Gasteiger partial charge in [-0.3, -0.25) is 9.20 Å². The van der Waals surface area contributed by atoms with Gasteiger partial charge in [0.25, 0.3) is 0 Å². The van der Waals surface area contributed by atoms with Crippen LogP contribution < -0.4 is 19.7 Å². The summed E-state index contributed by atoms with van der Waals surface area (Å²) in [5.74, 6) is 1.86. The molecule has 3 heterocycles. The van der Waals surface area contributed by atoms with Crippen LogP contribution in [0.25, 0.3) is 5.65 Å². The Morgan fingerprint density at radius 2 is 2.10 bits per heavy atom. The zero-order chi connectivity index (χ0) is 21.1. The number of aromatic nitrogens is 3. The van der Waals surface area contributed by atoms with Crippen LogP contribution in [-0.2, 0) is 11.3 Å². The fourth-order valence-electron chi connectivity index (χ4n) is 3.88. The van der Waals surface area contributed by atoms with Gasteiger partial charge in [0.2, 0.25) is 11.9 Å². The molecule has 0 spiro atoms. The molecule has 8 nitrogen and oxygen atoms in total. The molecule has 1 fully saturated rings. The third-order valence-electron chi connectivity index (χ3n) is 5.38. The number of hydrogen-bond donors (Lipinski definition) is 1. The molecule has 1 amide bonds. The SMILES string of the molecule is COc1cccc(CNC(=O)[C@H]2CCCN(c3nnc4c(Cl)cccn34)C2)c1OC. The molecule has 0 radical (unpaired) electrons. The van der Waals surface area contributed by atoms with Crippen molar-refractivity contribution in [3.05, 3.63) is 47.1 Å². The van der Waals surface area contributed by atoms with Crippen molar-refractivity contribution in [1.82, 2.24) is 19.9 Å². The topological polar surface area (TPSA) is 81.0 Å². The van der Waals surface area contributed by atoms with Crippen LogP contribution in [-0.4, -0.2) is 47.8 Å². The van der Waals surface area contributed by atoms with Crippen molar-refractivity contribution >= 4 is 29.1 Å². The summed E-state index contributed by atoms with van der Waals surface area (Å²) in [5.41, 5.74) is 1.49. The predicted octanol–water partition coefficient (Wildman–Crippen LogP) is 2.93. The number of rotatable bonds is 6. The van der Waals surface area contributed by atoms with Gasteiger partial charge in [-0.15, -0.1) is 10.2 Å². The number of para-hydroxylation sites is 1. The highest BCUT2D eigenvalue weighted by atomic mass is 35.5. The van der Waals surface area contributed by atoms with Gasteiger partial charge in [0.1, 0.15) is 0 Å². The van der Waals surface area contributed by atoms with E-state index in [-0.39, 0.29) is 11.8 Å². The maximum absolute atomic E-state index is 12.9. The van der Waals surface area contributed by atoms with Gasteiger partial charge in [-0.05, 0) is 31.0 Å². The maximum Gasteiger partial charge on any atom is 0.231 e. The number of anilines is 1. The Morgan fingerprint density at radius 3 is 2.90 bits per heavy atom. The fourth-order valence-corrected chi connectivity index (χ4v) is 4.08. The number of carbonyl (C=O) groups is 1. The van der Waals surface area contributed by atoms with Gasteiger partial charge in [-0.25, -0.2) is 0 Å². The standard InChI is InChI=1S/C21H24ClN5O3/c1-29-17-9-3-6-14(18(17)30-2)12-23-20(28)15-7-4-10-26(13-15)21-25-24-19-16(22)8-5-11-27(19)21/h3,5-6,8-9,11,15H,4,7,10,12-13H2,1-2H3,(H,23,28)/t15-/m0/s1. The Bertz CT molecular complexity index is 1050. The largest absolute Gasteiger partial charge is 0.493 e. The molecule has 2 aromatic heterocycles. The van der Waals surface area contributed by atoms with Gasteiger partial charge < -0.3 is 19.7 Å². The number of hydrogen-bond acceptors (Lipinski definition) is 6. The van der Waals surface area contributed by atoms with Crippen molar-refractivity contribution < 1.29 is 14.3 Å². The summed E-state index contributed by atoms with van der Waals surface area (Å²) in [4.78, 5) is 15.0. The van der Waals surface area contributed by atoms with E-state index in [4.69, 9.17) is 21.1 Å². The van der Waals surface area contributed by atoms with Crippen molar-refractivity contribution in [3.8, 4) is 11.5 Å². The number of pyridine rings is 1. The first kappa shape index (κ1) is 20.3. The molecule has 4 rings (SSSR count). The fraction of sp³-hybridized carbons (Fsp3) is 0.381. The van der Waals surface area contributed by atoms with E-state index in [0.717, 1.165) is 24.9 Å². The third-order valence-corrected chi connectivity index (χ3v) is 5.68. The number of ether oxygens (including phenoxy) is 2. The second kappa shape index (κ2) is 8.79. The second-order valence-electron chi connectivity index (χ2n) is 7.21. The van der Waals surface area contributed by atoms with Crippen molar-refractivity contribution in [2.45, 2.75) is 19.4 Å². The highest BCUT2D eigenvalue weighted by Gasteiger charge is 2.28. The molecule has 1 saturated heterocycles. The first-order valence-electron chi connectivity index (χ1n) is 9.84. The zero-order valence-corrected chi connectivity index (χ0v) is 17.7. The highest BCUT2D eigenvalue weighted by molar-refractivity contribution is 6.33. The van der Waals surface area contributed by atoms with Crippen molar-refractivity contribution in [2.24, 2.45) is 5.92 Å². The van der Waals surface area contributed by atoms with Crippen LogP contribution in [0.4, 0.5) is 5.95 Å². The summed E-state index contributed by atoms with van der Waals surface area (Å²) in [5, 5.41) is 12.1. The quantitative estimate of drug-likeness (QED) is 0.648. The van der Waals surface area contributed by atoms with E-state index < -0.39 is 0 Å². The summed E-state index contributed by atoms with van der Waals surface area (Å²) in [6.45, 7) is 1.77. The minimum absolute atomic E-state index is 0.0106. The maximum atomic E-state index is 12.9. The minimum atomic E-state index is -0.137. The summed E-state index contributed by atoms with van der Waals surface area (Å²) < 4.78 is 12.6. The van der Waals surface area contributed by atoms with Crippen LogP contribution in [0.1, 0.15) is 18.4 Å². The Hall–Kier alpha value is -3.00. The van der Waals surface area contributed by atoms with E-state index >= 15 is 0 Å². The van der Waals surface area contributed by atoms with Gasteiger partial charge in [0.15, 0.2) is 17.1 Å². The molecule has 1 aliphatic rings. The number of benzene rings is 1. The normalized spacial score (nSPS) is 16.5. The van der Waals surface area contributed by atoms with Gasteiger partial charge in [-0.1, -0.05) is 23.7 Å². The number of nitrogens with zero attached hydrogens (tertiary/aromatic N) is 4. The molecular formula is C21H24ClN5O3. The summed E-state index contributed by atoms with van der Waals surface area (Å²) in [6, 6.07) is 9.28. The first-order valence-corrected chi connectivity index (χ1v) is 10.2. The van der Waals surface area contributed by atoms with Gasteiger partial charge in [-0.2, -0.15) is 0 Å². The van der Waals surface area contributed by atoms with Crippen LogP contribution in [0, 0.1) is 5.92 Å². The molecule has 0 bridgehead atoms. The lowest BCUT2D eigenvalue weighted by Gasteiger charge is -2.32. The highest BCUT2D eigenvalue weighted by Crippen LogP contribution is 2.31. The third kappa shape index (κ3) is 3.87. The van der Waals surface area contributed by atoms with Gasteiger partial charge >= 0.3 is 0 Å². The van der Waals surface area contributed by atoms with E-state index in [1.54, 1.807) is 20.3 Å². The molecule has 1 aromatic carbocycles. The number of methoxy groups -OCH3 is 2. The summed E-state index contributed by atoms with van der Waals surface area (Å²) in [7, 11) is 3.19. The summed E-state index contributed by atoms with van der Waals surface area (Å²) in [6.07, 6.45) is 3.61. The Balaban J connectivity index is 1.45. The lowest BCUT2D eigenvalue weighted by Crippen LogP contribution is -2.43. The smallest absolute Gasteiger partial charge is 0.231 e. The number of amides is 1. The van der Waals surface area contributed by atoms with Gasteiger partial charge in [0, 0.05) is 31.4 Å². The van der Waals surface area contributed by atoms with Crippen LogP contribution in [0.15, 0.2) is 36.5 Å². The monoisotopic (exact) mass is 429 g/mol. The Kier molecular flexibility index (Phi) is 5.94. The van der Waals surface area contributed by atoms with E-state index in [2.05, 4.69) is 20.4 Å². The Labute approximate surface area is 179 Å². The second-order valence-corrected chi connectivity index (χ2v) is 7.61. The molecule has 9 heteroatoms. The van der Waals surface area contributed by atoms with E-state index in [9.17, 15) is 4.79 Å². The first-order chi connectivity index (χ1) is 14.6. The molecule has 0 unspecified atom stereocenters. The molecule has 30 heavy (non-hydrogen) atoms. The van der Waals surface area contributed by atoms with Crippen LogP contribution in [0.2, 0.25) is 5.02 Å².